The summed E-state index contributed by atoms with van der Waals surface area (Å²) in [7, 11) is -3.13. The van der Waals surface area contributed by atoms with Gasteiger partial charge in [-0.1, -0.05) is 24.3 Å². The van der Waals surface area contributed by atoms with Crippen LogP contribution in [-0.4, -0.2) is 33.7 Å². The fraction of sp³-hybridized carbons (Fsp3) is 0.357. The number of rotatable bonds is 6. The number of sulfone groups is 1. The van der Waals surface area contributed by atoms with Gasteiger partial charge in [-0.25, -0.2) is 13.4 Å². The van der Waals surface area contributed by atoms with Crippen LogP contribution in [-0.2, 0) is 16.3 Å². The lowest BCUT2D eigenvalue weighted by molar-refractivity contribution is 0.602. The van der Waals surface area contributed by atoms with Crippen molar-refractivity contribution in [1.29, 1.82) is 0 Å². The van der Waals surface area contributed by atoms with Gasteiger partial charge in [-0.15, -0.1) is 0 Å². The first-order valence-corrected chi connectivity index (χ1v) is 8.15. The third-order valence-electron chi connectivity index (χ3n) is 2.59. The maximum absolute atomic E-state index is 11.3. The zero-order valence-electron chi connectivity index (χ0n) is 11.9. The zero-order chi connectivity index (χ0) is 15.2. The fourth-order valence-electron chi connectivity index (χ4n) is 1.51. The molecule has 0 amide bonds. The number of aliphatic imine (C=N–C) groups is 1. The molecule has 0 spiro atoms. The smallest absolute Gasteiger partial charge is 0.188 e. The number of hydrogen-bond donors (Lipinski definition) is 2. The Morgan fingerprint density at radius 2 is 1.95 bits per heavy atom. The van der Waals surface area contributed by atoms with Gasteiger partial charge in [0.05, 0.1) is 11.4 Å². The molecule has 0 bridgehead atoms. The molecule has 0 fully saturated rings. The largest absolute Gasteiger partial charge is 0.370 e. The van der Waals surface area contributed by atoms with Crippen LogP contribution >= 0.6 is 0 Å². The highest BCUT2D eigenvalue weighted by molar-refractivity contribution is 7.90. The van der Waals surface area contributed by atoms with Crippen molar-refractivity contribution in [2.75, 3.05) is 19.3 Å². The lowest BCUT2D eigenvalue weighted by Crippen LogP contribution is -2.33. The SMILES string of the molecule is C=C(C)CN=C(N)NCCc1ccc(S(C)(=O)=O)cc1. The molecule has 20 heavy (non-hydrogen) atoms. The molecule has 3 N–H and O–H groups in total. The van der Waals surface area contributed by atoms with Crippen LogP contribution in [0.4, 0.5) is 0 Å². The summed E-state index contributed by atoms with van der Waals surface area (Å²) < 4.78 is 22.6. The third-order valence-corrected chi connectivity index (χ3v) is 3.72. The van der Waals surface area contributed by atoms with Crippen molar-refractivity contribution in [3.63, 3.8) is 0 Å². The summed E-state index contributed by atoms with van der Waals surface area (Å²) in [4.78, 5) is 4.44. The molecule has 0 aliphatic carbocycles. The molecule has 0 unspecified atom stereocenters. The van der Waals surface area contributed by atoms with Crippen LogP contribution in [0.1, 0.15) is 12.5 Å². The molecule has 0 saturated carbocycles. The molecular formula is C14H21N3O2S. The molecule has 5 nitrogen and oxygen atoms in total. The minimum Gasteiger partial charge on any atom is -0.370 e. The molecule has 1 aromatic rings. The Bertz CT molecular complexity index is 589. The second-order valence-corrected chi connectivity index (χ2v) is 6.77. The van der Waals surface area contributed by atoms with Crippen molar-refractivity contribution in [3.05, 3.63) is 42.0 Å². The predicted octanol–water partition coefficient (Wildman–Crippen LogP) is 1.11. The molecule has 0 saturated heterocycles. The second-order valence-electron chi connectivity index (χ2n) is 4.75. The van der Waals surface area contributed by atoms with E-state index >= 15 is 0 Å². The van der Waals surface area contributed by atoms with Crippen molar-refractivity contribution in [3.8, 4) is 0 Å². The summed E-state index contributed by atoms with van der Waals surface area (Å²) in [6.07, 6.45) is 1.94. The van der Waals surface area contributed by atoms with Gasteiger partial charge < -0.3 is 11.1 Å². The van der Waals surface area contributed by atoms with E-state index in [1.54, 1.807) is 24.3 Å². The Kier molecular flexibility index (Phi) is 5.76. The van der Waals surface area contributed by atoms with E-state index in [2.05, 4.69) is 16.9 Å². The lowest BCUT2D eigenvalue weighted by atomic mass is 10.1. The highest BCUT2D eigenvalue weighted by Crippen LogP contribution is 2.10. The van der Waals surface area contributed by atoms with Crippen LogP contribution in [0.2, 0.25) is 0 Å². The van der Waals surface area contributed by atoms with Crippen molar-refractivity contribution in [2.45, 2.75) is 18.2 Å². The van der Waals surface area contributed by atoms with Gasteiger partial charge >= 0.3 is 0 Å². The average molecular weight is 295 g/mol. The van der Waals surface area contributed by atoms with Gasteiger partial charge in [0, 0.05) is 12.8 Å². The van der Waals surface area contributed by atoms with Crippen LogP contribution in [0.5, 0.6) is 0 Å². The third kappa shape index (κ3) is 5.88. The Hall–Kier alpha value is -1.82. The number of nitrogens with one attached hydrogen (secondary N) is 1. The summed E-state index contributed by atoms with van der Waals surface area (Å²) in [5.74, 6) is 0.390. The van der Waals surface area contributed by atoms with E-state index in [4.69, 9.17) is 5.73 Å². The molecule has 110 valence electrons. The van der Waals surface area contributed by atoms with E-state index in [0.29, 0.717) is 23.9 Å². The maximum atomic E-state index is 11.3. The van der Waals surface area contributed by atoms with E-state index in [1.807, 2.05) is 6.92 Å². The van der Waals surface area contributed by atoms with Crippen LogP contribution in [0, 0.1) is 0 Å². The number of nitrogens with two attached hydrogens (primary N) is 1. The topological polar surface area (TPSA) is 84.5 Å². The minimum absolute atomic E-state index is 0.330. The van der Waals surface area contributed by atoms with Gasteiger partial charge in [0.2, 0.25) is 0 Å². The zero-order valence-corrected chi connectivity index (χ0v) is 12.7. The summed E-state index contributed by atoms with van der Waals surface area (Å²) in [6.45, 7) is 6.79. The van der Waals surface area contributed by atoms with Crippen LogP contribution in [0.15, 0.2) is 46.3 Å². The molecule has 0 heterocycles. The van der Waals surface area contributed by atoms with Crippen molar-refractivity contribution >= 4 is 15.8 Å². The number of guanidine groups is 1. The first-order valence-electron chi connectivity index (χ1n) is 6.26. The Labute approximate surface area is 120 Å². The van der Waals surface area contributed by atoms with Crippen LogP contribution < -0.4 is 11.1 Å². The van der Waals surface area contributed by atoms with Crippen LogP contribution in [0.25, 0.3) is 0 Å². The van der Waals surface area contributed by atoms with Crippen molar-refractivity contribution in [1.82, 2.24) is 5.32 Å². The van der Waals surface area contributed by atoms with Gasteiger partial charge in [0.1, 0.15) is 0 Å². The first kappa shape index (κ1) is 16.2. The highest BCUT2D eigenvalue weighted by atomic mass is 32.2. The van der Waals surface area contributed by atoms with E-state index < -0.39 is 9.84 Å². The maximum Gasteiger partial charge on any atom is 0.188 e. The molecule has 1 rings (SSSR count). The van der Waals surface area contributed by atoms with E-state index in [0.717, 1.165) is 17.6 Å². The second kappa shape index (κ2) is 7.09. The number of benzene rings is 1. The Balaban J connectivity index is 2.47. The minimum atomic E-state index is -3.13. The Morgan fingerprint density at radius 1 is 1.35 bits per heavy atom. The van der Waals surface area contributed by atoms with Gasteiger partial charge in [-0.2, -0.15) is 0 Å². The lowest BCUT2D eigenvalue weighted by Gasteiger charge is -2.06. The van der Waals surface area contributed by atoms with Gasteiger partial charge in [-0.3, -0.25) is 0 Å². The predicted molar refractivity (Wildman–Crippen MR) is 82.6 cm³/mol. The summed E-state index contributed by atoms with van der Waals surface area (Å²) in [5, 5.41) is 3.00. The molecule has 0 radical (unpaired) electrons. The number of nitrogens with zero attached hydrogens (tertiary/aromatic N) is 1. The van der Waals surface area contributed by atoms with Gasteiger partial charge in [-0.05, 0) is 31.0 Å². The Morgan fingerprint density at radius 3 is 2.45 bits per heavy atom. The molecule has 0 aliphatic rings. The van der Waals surface area contributed by atoms with Crippen molar-refractivity contribution in [2.24, 2.45) is 10.7 Å². The van der Waals surface area contributed by atoms with E-state index in [-0.39, 0.29) is 0 Å². The van der Waals surface area contributed by atoms with Gasteiger partial charge in [0.15, 0.2) is 15.8 Å². The van der Waals surface area contributed by atoms with E-state index in [1.165, 1.54) is 6.26 Å². The first-order chi connectivity index (χ1) is 9.29. The molecule has 0 aliphatic heterocycles. The summed E-state index contributed by atoms with van der Waals surface area (Å²) >= 11 is 0. The highest BCUT2D eigenvalue weighted by Gasteiger charge is 2.05. The average Bonchev–Trinajstić information content (AvgIpc) is 2.36. The summed E-state index contributed by atoms with van der Waals surface area (Å²) in [5.41, 5.74) is 7.68. The normalized spacial score (nSPS) is 12.2. The van der Waals surface area contributed by atoms with E-state index in [9.17, 15) is 8.42 Å². The molecular weight excluding hydrogens is 274 g/mol. The number of hydrogen-bond acceptors (Lipinski definition) is 3. The molecule has 0 aromatic heterocycles. The summed E-state index contributed by atoms with van der Waals surface area (Å²) in [6, 6.07) is 6.84. The monoisotopic (exact) mass is 295 g/mol. The van der Waals surface area contributed by atoms with Gasteiger partial charge in [0.25, 0.3) is 0 Å². The molecule has 1 aromatic carbocycles. The van der Waals surface area contributed by atoms with Crippen LogP contribution in [0.3, 0.4) is 0 Å². The fourth-order valence-corrected chi connectivity index (χ4v) is 2.14. The molecule has 0 atom stereocenters. The standard InChI is InChI=1S/C14H21N3O2S/c1-11(2)10-17-14(15)16-9-8-12-4-6-13(7-5-12)20(3,18)19/h4-7H,1,8-10H2,2-3H3,(H3,15,16,17). The van der Waals surface area contributed by atoms with Crippen molar-refractivity contribution < 1.29 is 8.42 Å². The molecule has 6 heteroatoms. The quantitative estimate of drug-likeness (QED) is 0.468.